The van der Waals surface area contributed by atoms with Crippen LogP contribution >= 0.6 is 0 Å². The van der Waals surface area contributed by atoms with Crippen LogP contribution in [0.4, 0.5) is 0 Å². The molecule has 0 aromatic carbocycles. The molecule has 1 heterocycles. The number of unbranched alkanes of at least 4 members (excludes halogenated alkanes) is 1. The first kappa shape index (κ1) is 12.5. The van der Waals surface area contributed by atoms with Gasteiger partial charge in [-0.25, -0.2) is 0 Å². The molecule has 0 spiro atoms. The molecule has 0 bridgehead atoms. The number of amides is 1. The Morgan fingerprint density at radius 3 is 2.73 bits per heavy atom. The van der Waals surface area contributed by atoms with Gasteiger partial charge in [-0.05, 0) is 24.8 Å². The van der Waals surface area contributed by atoms with Crippen molar-refractivity contribution >= 4 is 5.91 Å². The van der Waals surface area contributed by atoms with Crippen LogP contribution in [0.2, 0.25) is 0 Å². The van der Waals surface area contributed by atoms with Crippen LogP contribution in [0.3, 0.4) is 0 Å². The molecule has 0 aromatic heterocycles. The number of nitrogens with zero attached hydrogens (tertiary/aromatic N) is 1. The lowest BCUT2D eigenvalue weighted by Crippen LogP contribution is -2.27. The molecule has 2 N–H and O–H groups in total. The van der Waals surface area contributed by atoms with E-state index in [1.807, 2.05) is 4.90 Å². The molecule has 3 nitrogen and oxygen atoms in total. The fourth-order valence-electron chi connectivity index (χ4n) is 2.08. The molecule has 1 amide bonds. The molecule has 0 aliphatic carbocycles. The molecule has 1 saturated heterocycles. The predicted molar refractivity (Wildman–Crippen MR) is 62.4 cm³/mol. The van der Waals surface area contributed by atoms with E-state index in [1.165, 1.54) is 12.8 Å². The highest BCUT2D eigenvalue weighted by Gasteiger charge is 2.27. The average Bonchev–Trinajstić information content (AvgIpc) is 2.54. The van der Waals surface area contributed by atoms with Crippen LogP contribution in [-0.4, -0.2) is 30.4 Å². The van der Waals surface area contributed by atoms with Gasteiger partial charge in [0, 0.05) is 19.5 Å². The van der Waals surface area contributed by atoms with Gasteiger partial charge >= 0.3 is 0 Å². The number of likely N-dealkylation sites (tertiary alicyclic amines) is 1. The van der Waals surface area contributed by atoms with Crippen molar-refractivity contribution in [1.82, 2.24) is 4.90 Å². The van der Waals surface area contributed by atoms with Crippen LogP contribution < -0.4 is 5.73 Å². The molecular formula is C12H24N2O. The third-order valence-corrected chi connectivity index (χ3v) is 3.09. The summed E-state index contributed by atoms with van der Waals surface area (Å²) in [7, 11) is 0. The summed E-state index contributed by atoms with van der Waals surface area (Å²) < 4.78 is 0. The Morgan fingerprint density at radius 2 is 2.20 bits per heavy atom. The van der Waals surface area contributed by atoms with E-state index in [-0.39, 0.29) is 0 Å². The Bertz CT molecular complexity index is 204. The maximum atomic E-state index is 11.5. The van der Waals surface area contributed by atoms with Crippen LogP contribution in [0.5, 0.6) is 0 Å². The highest BCUT2D eigenvalue weighted by Crippen LogP contribution is 2.17. The number of hydrogen-bond donors (Lipinski definition) is 1. The minimum absolute atomic E-state index is 0.301. The van der Waals surface area contributed by atoms with E-state index in [2.05, 4.69) is 13.8 Å². The summed E-state index contributed by atoms with van der Waals surface area (Å²) in [6.45, 7) is 6.95. The van der Waals surface area contributed by atoms with Gasteiger partial charge in [-0.3, -0.25) is 4.79 Å². The van der Waals surface area contributed by atoms with E-state index in [1.54, 1.807) is 0 Å². The predicted octanol–water partition coefficient (Wildman–Crippen LogP) is 1.62. The second-order valence-corrected chi connectivity index (χ2v) is 5.04. The summed E-state index contributed by atoms with van der Waals surface area (Å²) in [4.78, 5) is 13.5. The minimum atomic E-state index is 0.301. The molecule has 88 valence electrons. The number of carbonyl (C=O) groups is 1. The van der Waals surface area contributed by atoms with Crippen molar-refractivity contribution in [2.24, 2.45) is 17.6 Å². The van der Waals surface area contributed by atoms with Gasteiger partial charge in [0.25, 0.3) is 0 Å². The van der Waals surface area contributed by atoms with Gasteiger partial charge in [0.2, 0.25) is 5.91 Å². The van der Waals surface area contributed by atoms with Crippen molar-refractivity contribution in [2.45, 2.75) is 39.5 Å². The maximum absolute atomic E-state index is 11.5. The van der Waals surface area contributed by atoms with E-state index in [9.17, 15) is 4.79 Å². The quantitative estimate of drug-likeness (QED) is 0.680. The van der Waals surface area contributed by atoms with E-state index < -0.39 is 0 Å². The fourth-order valence-corrected chi connectivity index (χ4v) is 2.08. The molecule has 15 heavy (non-hydrogen) atoms. The largest absolute Gasteiger partial charge is 0.342 e. The molecule has 1 aliphatic heterocycles. The molecule has 0 aromatic rings. The van der Waals surface area contributed by atoms with Crippen molar-refractivity contribution in [1.29, 1.82) is 0 Å². The van der Waals surface area contributed by atoms with Gasteiger partial charge in [-0.15, -0.1) is 0 Å². The van der Waals surface area contributed by atoms with Crippen LogP contribution in [0.15, 0.2) is 0 Å². The number of hydrogen-bond acceptors (Lipinski definition) is 2. The van der Waals surface area contributed by atoms with Crippen LogP contribution in [0.1, 0.15) is 39.5 Å². The lowest BCUT2D eigenvalue weighted by molar-refractivity contribution is -0.127. The zero-order valence-electron chi connectivity index (χ0n) is 10.0. The molecule has 1 fully saturated rings. The Morgan fingerprint density at radius 1 is 1.47 bits per heavy atom. The summed E-state index contributed by atoms with van der Waals surface area (Å²) >= 11 is 0. The molecule has 0 saturated carbocycles. The molecule has 1 unspecified atom stereocenters. The van der Waals surface area contributed by atoms with E-state index >= 15 is 0 Å². The Labute approximate surface area is 93.0 Å². The van der Waals surface area contributed by atoms with Crippen molar-refractivity contribution in [3.05, 3.63) is 0 Å². The molecular weight excluding hydrogens is 188 g/mol. The number of rotatable bonds is 6. The van der Waals surface area contributed by atoms with Crippen molar-refractivity contribution in [3.63, 3.8) is 0 Å². The molecule has 0 radical (unpaired) electrons. The first-order valence-corrected chi connectivity index (χ1v) is 6.11. The van der Waals surface area contributed by atoms with Crippen molar-refractivity contribution in [2.75, 3.05) is 19.6 Å². The van der Waals surface area contributed by atoms with Gasteiger partial charge in [0.15, 0.2) is 0 Å². The van der Waals surface area contributed by atoms with E-state index in [0.717, 1.165) is 25.4 Å². The summed E-state index contributed by atoms with van der Waals surface area (Å²) in [5, 5.41) is 0. The topological polar surface area (TPSA) is 46.3 Å². The minimum Gasteiger partial charge on any atom is -0.342 e. The fraction of sp³-hybridized carbons (Fsp3) is 0.917. The SMILES string of the molecule is CC(C)CCCCN1CC(CN)CC1=O. The maximum Gasteiger partial charge on any atom is 0.222 e. The monoisotopic (exact) mass is 212 g/mol. The lowest BCUT2D eigenvalue weighted by atomic mass is 10.1. The zero-order valence-corrected chi connectivity index (χ0v) is 10.0. The first-order chi connectivity index (χ1) is 7.13. The lowest BCUT2D eigenvalue weighted by Gasteiger charge is -2.16. The number of carbonyl (C=O) groups excluding carboxylic acids is 1. The Hall–Kier alpha value is -0.570. The second kappa shape index (κ2) is 6.11. The number of nitrogens with two attached hydrogens (primary N) is 1. The molecule has 1 atom stereocenters. The molecule has 3 heteroatoms. The molecule has 1 aliphatic rings. The highest BCUT2D eigenvalue weighted by molar-refractivity contribution is 5.78. The normalized spacial score (nSPS) is 21.7. The summed E-state index contributed by atoms with van der Waals surface area (Å²) in [6, 6.07) is 0. The zero-order chi connectivity index (χ0) is 11.3. The summed E-state index contributed by atoms with van der Waals surface area (Å²) in [5.74, 6) is 1.48. The Balaban J connectivity index is 2.14. The first-order valence-electron chi connectivity index (χ1n) is 6.11. The molecule has 1 rings (SSSR count). The van der Waals surface area contributed by atoms with E-state index in [4.69, 9.17) is 5.73 Å². The van der Waals surface area contributed by atoms with Gasteiger partial charge in [0.05, 0.1) is 0 Å². The summed E-state index contributed by atoms with van der Waals surface area (Å²) in [6.07, 6.45) is 4.30. The Kier molecular flexibility index (Phi) is 5.09. The summed E-state index contributed by atoms with van der Waals surface area (Å²) in [5.41, 5.74) is 5.57. The third-order valence-electron chi connectivity index (χ3n) is 3.09. The second-order valence-electron chi connectivity index (χ2n) is 5.04. The van der Waals surface area contributed by atoms with Gasteiger partial charge in [-0.1, -0.05) is 26.7 Å². The third kappa shape index (κ3) is 4.20. The van der Waals surface area contributed by atoms with Crippen molar-refractivity contribution < 1.29 is 4.79 Å². The van der Waals surface area contributed by atoms with Crippen molar-refractivity contribution in [3.8, 4) is 0 Å². The standard InChI is InChI=1S/C12H24N2O/c1-10(2)5-3-4-6-14-9-11(8-13)7-12(14)15/h10-11H,3-9,13H2,1-2H3. The van der Waals surface area contributed by atoms with Crippen LogP contribution in [0, 0.1) is 11.8 Å². The highest BCUT2D eigenvalue weighted by atomic mass is 16.2. The average molecular weight is 212 g/mol. The van der Waals surface area contributed by atoms with Crippen LogP contribution in [0.25, 0.3) is 0 Å². The van der Waals surface area contributed by atoms with Crippen LogP contribution in [-0.2, 0) is 4.79 Å². The van der Waals surface area contributed by atoms with E-state index in [0.29, 0.717) is 24.8 Å². The van der Waals surface area contributed by atoms with Gasteiger partial charge in [-0.2, -0.15) is 0 Å². The smallest absolute Gasteiger partial charge is 0.222 e. The van der Waals surface area contributed by atoms with Gasteiger partial charge in [0.1, 0.15) is 0 Å². The van der Waals surface area contributed by atoms with Gasteiger partial charge < -0.3 is 10.6 Å².